The van der Waals surface area contributed by atoms with Crippen molar-refractivity contribution in [2.45, 2.75) is 13.5 Å². The maximum atomic E-state index is 11.9. The van der Waals surface area contributed by atoms with Gasteiger partial charge in [-0.2, -0.15) is 0 Å². The number of hydrogen-bond donors (Lipinski definition) is 1. The van der Waals surface area contributed by atoms with Crippen molar-refractivity contribution in [1.29, 1.82) is 0 Å². The fraction of sp³-hybridized carbons (Fsp3) is 0.154. The Labute approximate surface area is 108 Å². The third-order valence-electron chi connectivity index (χ3n) is 2.54. The summed E-state index contributed by atoms with van der Waals surface area (Å²) in [4.78, 5) is 11.9. The minimum Gasteiger partial charge on any atom is -0.399 e. The lowest BCUT2D eigenvalue weighted by molar-refractivity contribution is 0.752. The summed E-state index contributed by atoms with van der Waals surface area (Å²) < 4.78 is 2.60. The Bertz CT molecular complexity index is 584. The van der Waals surface area contributed by atoms with Crippen molar-refractivity contribution in [3.05, 3.63) is 62.5 Å². The van der Waals surface area contributed by atoms with E-state index in [0.717, 1.165) is 15.6 Å². The van der Waals surface area contributed by atoms with Gasteiger partial charge in [-0.1, -0.05) is 22.0 Å². The summed E-state index contributed by atoms with van der Waals surface area (Å²) in [7, 11) is 0. The Morgan fingerprint density at radius 2 is 2.12 bits per heavy atom. The largest absolute Gasteiger partial charge is 0.399 e. The van der Waals surface area contributed by atoms with Gasteiger partial charge in [0.1, 0.15) is 0 Å². The molecule has 1 aromatic carbocycles. The average Bonchev–Trinajstić information content (AvgIpc) is 2.23. The molecule has 1 aromatic heterocycles. The summed E-state index contributed by atoms with van der Waals surface area (Å²) in [5, 5.41) is 0. The van der Waals surface area contributed by atoms with Gasteiger partial charge in [0.25, 0.3) is 5.56 Å². The van der Waals surface area contributed by atoms with Gasteiger partial charge in [0.15, 0.2) is 0 Å². The highest BCUT2D eigenvalue weighted by atomic mass is 79.9. The van der Waals surface area contributed by atoms with Crippen LogP contribution in [0.3, 0.4) is 0 Å². The summed E-state index contributed by atoms with van der Waals surface area (Å²) in [5.74, 6) is 0. The second-order valence-electron chi connectivity index (χ2n) is 4.02. The lowest BCUT2D eigenvalue weighted by Gasteiger charge is -2.08. The summed E-state index contributed by atoms with van der Waals surface area (Å²) in [5.41, 5.74) is 8.24. The topological polar surface area (TPSA) is 48.0 Å². The number of nitrogens with two attached hydrogens (primary N) is 1. The Morgan fingerprint density at radius 1 is 1.35 bits per heavy atom. The molecule has 0 aliphatic rings. The molecule has 0 bridgehead atoms. The Morgan fingerprint density at radius 3 is 2.82 bits per heavy atom. The highest BCUT2D eigenvalue weighted by molar-refractivity contribution is 9.10. The van der Waals surface area contributed by atoms with Crippen LogP contribution in [0.4, 0.5) is 5.69 Å². The summed E-state index contributed by atoms with van der Waals surface area (Å²) in [6.45, 7) is 2.35. The van der Waals surface area contributed by atoms with E-state index in [-0.39, 0.29) is 5.56 Å². The first-order valence-electron chi connectivity index (χ1n) is 5.27. The van der Waals surface area contributed by atoms with Crippen LogP contribution in [0.1, 0.15) is 11.1 Å². The van der Waals surface area contributed by atoms with Crippen LogP contribution < -0.4 is 11.3 Å². The zero-order valence-corrected chi connectivity index (χ0v) is 11.1. The average molecular weight is 293 g/mol. The van der Waals surface area contributed by atoms with Gasteiger partial charge >= 0.3 is 0 Å². The summed E-state index contributed by atoms with van der Waals surface area (Å²) in [6, 6.07) is 9.36. The number of anilines is 1. The molecule has 0 atom stereocenters. The molecule has 0 saturated heterocycles. The molecule has 0 amide bonds. The molecular weight excluding hydrogens is 280 g/mol. The van der Waals surface area contributed by atoms with Gasteiger partial charge in [0.2, 0.25) is 0 Å². The molecule has 4 heteroatoms. The van der Waals surface area contributed by atoms with Crippen molar-refractivity contribution < 1.29 is 0 Å². The zero-order valence-electron chi connectivity index (χ0n) is 9.48. The number of aryl methyl sites for hydroxylation is 1. The number of halogens is 1. The van der Waals surface area contributed by atoms with Crippen LogP contribution in [-0.2, 0) is 6.54 Å². The molecule has 2 aromatic rings. The molecule has 3 nitrogen and oxygen atoms in total. The van der Waals surface area contributed by atoms with Crippen LogP contribution >= 0.6 is 15.9 Å². The quantitative estimate of drug-likeness (QED) is 0.865. The number of hydrogen-bond acceptors (Lipinski definition) is 2. The second kappa shape index (κ2) is 4.75. The predicted octanol–water partition coefficient (Wildman–Crippen LogP) is 2.55. The smallest absolute Gasteiger partial charge is 0.253 e. The molecule has 0 unspecified atom stereocenters. The molecule has 1 heterocycles. The van der Waals surface area contributed by atoms with Crippen LogP contribution in [0.2, 0.25) is 0 Å². The summed E-state index contributed by atoms with van der Waals surface area (Å²) in [6.07, 6.45) is 1.78. The maximum absolute atomic E-state index is 11.9. The first kappa shape index (κ1) is 11.9. The SMILES string of the molecule is Cc1cccn(Cc2cc(N)cc(Br)c2)c1=O. The van der Waals surface area contributed by atoms with Gasteiger partial charge in [-0.25, -0.2) is 0 Å². The van der Waals surface area contributed by atoms with E-state index in [2.05, 4.69) is 15.9 Å². The van der Waals surface area contributed by atoms with Crippen LogP contribution in [0.5, 0.6) is 0 Å². The third kappa shape index (κ3) is 2.77. The van der Waals surface area contributed by atoms with Crippen LogP contribution in [-0.4, -0.2) is 4.57 Å². The number of benzene rings is 1. The van der Waals surface area contributed by atoms with Crippen LogP contribution in [0.15, 0.2) is 45.8 Å². The second-order valence-corrected chi connectivity index (χ2v) is 4.93. The van der Waals surface area contributed by atoms with Crippen molar-refractivity contribution in [2.24, 2.45) is 0 Å². The number of rotatable bonds is 2. The molecule has 0 radical (unpaired) electrons. The molecule has 0 spiro atoms. The molecule has 17 heavy (non-hydrogen) atoms. The molecule has 0 fully saturated rings. The molecule has 2 rings (SSSR count). The van der Waals surface area contributed by atoms with Gasteiger partial charge in [0, 0.05) is 21.9 Å². The standard InChI is InChI=1S/C13H13BrN2O/c1-9-3-2-4-16(13(9)17)8-10-5-11(14)7-12(15)6-10/h2-7H,8,15H2,1H3. The van der Waals surface area contributed by atoms with E-state index in [1.807, 2.05) is 37.3 Å². The molecular formula is C13H13BrN2O. The maximum Gasteiger partial charge on any atom is 0.253 e. The van der Waals surface area contributed by atoms with E-state index in [1.165, 1.54) is 0 Å². The van der Waals surface area contributed by atoms with E-state index >= 15 is 0 Å². The molecule has 0 saturated carbocycles. The number of aromatic nitrogens is 1. The van der Waals surface area contributed by atoms with E-state index in [9.17, 15) is 4.79 Å². The van der Waals surface area contributed by atoms with Gasteiger partial charge in [0.05, 0.1) is 6.54 Å². The third-order valence-corrected chi connectivity index (χ3v) is 3.00. The van der Waals surface area contributed by atoms with Crippen molar-refractivity contribution in [3.63, 3.8) is 0 Å². The number of nitrogen functional groups attached to an aromatic ring is 1. The molecule has 88 valence electrons. The predicted molar refractivity (Wildman–Crippen MR) is 73.1 cm³/mol. The molecule has 2 N–H and O–H groups in total. The van der Waals surface area contributed by atoms with Crippen molar-refractivity contribution in [2.75, 3.05) is 5.73 Å². The summed E-state index contributed by atoms with van der Waals surface area (Å²) >= 11 is 3.39. The Hall–Kier alpha value is -1.55. The van der Waals surface area contributed by atoms with Gasteiger partial charge in [-0.05, 0) is 36.8 Å². The van der Waals surface area contributed by atoms with E-state index in [0.29, 0.717) is 12.2 Å². The van der Waals surface area contributed by atoms with Crippen molar-refractivity contribution in [3.8, 4) is 0 Å². The minimum absolute atomic E-state index is 0.0334. The monoisotopic (exact) mass is 292 g/mol. The first-order valence-corrected chi connectivity index (χ1v) is 6.06. The number of nitrogens with zero attached hydrogens (tertiary/aromatic N) is 1. The highest BCUT2D eigenvalue weighted by Crippen LogP contribution is 2.17. The molecule has 0 aliphatic heterocycles. The van der Waals surface area contributed by atoms with Gasteiger partial charge in [-0.15, -0.1) is 0 Å². The highest BCUT2D eigenvalue weighted by Gasteiger charge is 2.02. The minimum atomic E-state index is 0.0334. The zero-order chi connectivity index (χ0) is 12.4. The van der Waals surface area contributed by atoms with E-state index < -0.39 is 0 Å². The lowest BCUT2D eigenvalue weighted by atomic mass is 10.2. The fourth-order valence-corrected chi connectivity index (χ4v) is 2.30. The molecule has 0 aliphatic carbocycles. The Kier molecular flexibility index (Phi) is 3.33. The first-order chi connectivity index (χ1) is 8.06. The van der Waals surface area contributed by atoms with E-state index in [1.54, 1.807) is 10.8 Å². The van der Waals surface area contributed by atoms with Gasteiger partial charge in [-0.3, -0.25) is 4.79 Å². The van der Waals surface area contributed by atoms with Crippen molar-refractivity contribution in [1.82, 2.24) is 4.57 Å². The normalized spacial score (nSPS) is 10.5. The van der Waals surface area contributed by atoms with Crippen LogP contribution in [0, 0.1) is 6.92 Å². The fourth-order valence-electron chi connectivity index (χ4n) is 1.74. The Balaban J connectivity index is 2.38. The van der Waals surface area contributed by atoms with Crippen LogP contribution in [0.25, 0.3) is 0 Å². The van der Waals surface area contributed by atoms with E-state index in [4.69, 9.17) is 5.73 Å². The van der Waals surface area contributed by atoms with Gasteiger partial charge < -0.3 is 10.3 Å². The van der Waals surface area contributed by atoms with Crippen molar-refractivity contribution >= 4 is 21.6 Å². The number of pyridine rings is 1. The lowest BCUT2D eigenvalue weighted by Crippen LogP contribution is -2.21.